The van der Waals surface area contributed by atoms with Gasteiger partial charge < -0.3 is 20.7 Å². The van der Waals surface area contributed by atoms with Crippen LogP contribution in [0.3, 0.4) is 0 Å². The van der Waals surface area contributed by atoms with E-state index in [4.69, 9.17) is 20.7 Å². The fourth-order valence-corrected chi connectivity index (χ4v) is 0.432. The van der Waals surface area contributed by atoms with Crippen LogP contribution in [0.25, 0.3) is 0 Å². The number of rotatable bonds is 3. The minimum Gasteiger partial charge on any atom is -0.374 e. The predicted octanol–water partition coefficient (Wildman–Crippen LogP) is -0.560. The van der Waals surface area contributed by atoms with Gasteiger partial charge in [-0.05, 0) is 20.8 Å². The van der Waals surface area contributed by atoms with E-state index in [0.29, 0.717) is 0 Å². The first-order valence-electron chi connectivity index (χ1n) is 3.58. The molecule has 0 unspecified atom stereocenters. The van der Waals surface area contributed by atoms with E-state index in [-0.39, 0.29) is 12.2 Å². The first kappa shape index (κ1) is 10.8. The highest BCUT2D eigenvalue weighted by Crippen LogP contribution is 2.06. The van der Waals surface area contributed by atoms with E-state index >= 15 is 0 Å². The molecule has 0 aromatic carbocycles. The Kier molecular flexibility index (Phi) is 3.96. The van der Waals surface area contributed by atoms with E-state index in [1.54, 1.807) is 0 Å². The summed E-state index contributed by atoms with van der Waals surface area (Å²) in [6.07, 6.45) is -1.50. The van der Waals surface area contributed by atoms with Crippen molar-refractivity contribution in [3.63, 3.8) is 0 Å². The molecular formula is C7H17NO3. The van der Waals surface area contributed by atoms with Crippen LogP contribution in [0.5, 0.6) is 0 Å². The third kappa shape index (κ3) is 6.25. The van der Waals surface area contributed by atoms with E-state index in [0.717, 1.165) is 0 Å². The van der Waals surface area contributed by atoms with Crippen molar-refractivity contribution in [1.29, 1.82) is 0 Å². The standard InChI is InChI=1S/C7H17NO3/c1-7(2,3)11-4-5(8)6(9)10/h5-6,9-10H,4,8H2,1-3H3/t5-/m1/s1. The molecule has 0 saturated carbocycles. The van der Waals surface area contributed by atoms with Crippen LogP contribution in [-0.4, -0.2) is 34.8 Å². The molecule has 0 saturated heterocycles. The summed E-state index contributed by atoms with van der Waals surface area (Å²) in [6, 6.07) is -0.728. The topological polar surface area (TPSA) is 75.7 Å². The van der Waals surface area contributed by atoms with E-state index in [1.165, 1.54) is 0 Å². The SMILES string of the molecule is CC(C)(C)OC[C@@H](N)C(O)O. The highest BCUT2D eigenvalue weighted by Gasteiger charge is 2.16. The second-order valence-electron chi connectivity index (χ2n) is 3.50. The number of aliphatic hydroxyl groups is 2. The van der Waals surface area contributed by atoms with Crippen LogP contribution in [0.1, 0.15) is 20.8 Å². The van der Waals surface area contributed by atoms with Crippen LogP contribution in [0.2, 0.25) is 0 Å². The molecule has 0 spiro atoms. The fourth-order valence-electron chi connectivity index (χ4n) is 0.432. The summed E-state index contributed by atoms with van der Waals surface area (Å²) in [5, 5.41) is 17.1. The highest BCUT2D eigenvalue weighted by molar-refractivity contribution is 4.65. The van der Waals surface area contributed by atoms with Gasteiger partial charge in [0, 0.05) is 0 Å². The Morgan fingerprint density at radius 2 is 1.82 bits per heavy atom. The van der Waals surface area contributed by atoms with Crippen LogP contribution >= 0.6 is 0 Å². The zero-order valence-electron chi connectivity index (χ0n) is 7.24. The van der Waals surface area contributed by atoms with Crippen molar-refractivity contribution < 1.29 is 14.9 Å². The summed E-state index contributed by atoms with van der Waals surface area (Å²) in [5.41, 5.74) is 5.01. The molecule has 1 atom stereocenters. The minimum atomic E-state index is -1.50. The monoisotopic (exact) mass is 163 g/mol. The molecule has 0 amide bonds. The lowest BCUT2D eigenvalue weighted by molar-refractivity contribution is -0.0954. The second kappa shape index (κ2) is 4.01. The van der Waals surface area contributed by atoms with Crippen molar-refractivity contribution in [2.75, 3.05) is 6.61 Å². The number of ether oxygens (including phenoxy) is 1. The van der Waals surface area contributed by atoms with Crippen LogP contribution in [0.4, 0.5) is 0 Å². The largest absolute Gasteiger partial charge is 0.374 e. The number of nitrogens with two attached hydrogens (primary N) is 1. The Bertz CT molecular complexity index is 109. The second-order valence-corrected chi connectivity index (χ2v) is 3.50. The molecule has 0 rings (SSSR count). The normalized spacial score (nSPS) is 15.5. The maximum absolute atomic E-state index is 8.57. The lowest BCUT2D eigenvalue weighted by atomic mass is 10.2. The van der Waals surface area contributed by atoms with E-state index in [9.17, 15) is 0 Å². The molecule has 4 nitrogen and oxygen atoms in total. The van der Waals surface area contributed by atoms with Gasteiger partial charge in [0.15, 0.2) is 6.29 Å². The van der Waals surface area contributed by atoms with Crippen molar-refractivity contribution >= 4 is 0 Å². The van der Waals surface area contributed by atoms with Crippen LogP contribution in [-0.2, 0) is 4.74 Å². The molecule has 0 aromatic rings. The molecule has 4 heteroatoms. The van der Waals surface area contributed by atoms with Gasteiger partial charge in [0.1, 0.15) is 0 Å². The molecule has 0 aliphatic rings. The molecule has 0 aliphatic heterocycles. The van der Waals surface area contributed by atoms with Crippen molar-refractivity contribution in [3.05, 3.63) is 0 Å². The Morgan fingerprint density at radius 1 is 1.36 bits per heavy atom. The van der Waals surface area contributed by atoms with E-state index in [1.807, 2.05) is 20.8 Å². The van der Waals surface area contributed by atoms with Crippen LogP contribution in [0, 0.1) is 0 Å². The Morgan fingerprint density at radius 3 is 2.09 bits per heavy atom. The summed E-state index contributed by atoms with van der Waals surface area (Å²) in [6.45, 7) is 5.79. The molecule has 11 heavy (non-hydrogen) atoms. The Balaban J connectivity index is 3.54. The number of aliphatic hydroxyl groups excluding tert-OH is 1. The summed E-state index contributed by atoms with van der Waals surface area (Å²) >= 11 is 0. The van der Waals surface area contributed by atoms with Gasteiger partial charge in [-0.2, -0.15) is 0 Å². The highest BCUT2D eigenvalue weighted by atomic mass is 16.5. The molecule has 0 aromatic heterocycles. The maximum atomic E-state index is 8.57. The molecule has 0 heterocycles. The zero-order valence-corrected chi connectivity index (χ0v) is 7.24. The van der Waals surface area contributed by atoms with Gasteiger partial charge in [-0.1, -0.05) is 0 Å². The molecule has 0 bridgehead atoms. The zero-order chi connectivity index (χ0) is 9.07. The van der Waals surface area contributed by atoms with Crippen molar-refractivity contribution in [2.45, 2.75) is 38.7 Å². The average molecular weight is 163 g/mol. The van der Waals surface area contributed by atoms with Gasteiger partial charge >= 0.3 is 0 Å². The number of hydrogen-bond donors (Lipinski definition) is 3. The van der Waals surface area contributed by atoms with Gasteiger partial charge in [-0.3, -0.25) is 0 Å². The summed E-state index contributed by atoms with van der Waals surface area (Å²) in [5.74, 6) is 0. The van der Waals surface area contributed by atoms with Gasteiger partial charge in [0.2, 0.25) is 0 Å². The summed E-state index contributed by atoms with van der Waals surface area (Å²) in [4.78, 5) is 0. The fraction of sp³-hybridized carbons (Fsp3) is 1.00. The molecule has 0 radical (unpaired) electrons. The van der Waals surface area contributed by atoms with Crippen molar-refractivity contribution in [2.24, 2.45) is 5.73 Å². The lowest BCUT2D eigenvalue weighted by Gasteiger charge is -2.22. The Hall–Kier alpha value is -0.160. The third-order valence-corrected chi connectivity index (χ3v) is 1.09. The van der Waals surface area contributed by atoms with Gasteiger partial charge in [0.25, 0.3) is 0 Å². The Labute approximate surface area is 67.0 Å². The maximum Gasteiger partial charge on any atom is 0.169 e. The first-order chi connectivity index (χ1) is 4.83. The summed E-state index contributed by atoms with van der Waals surface area (Å²) < 4.78 is 5.21. The minimum absolute atomic E-state index is 0.154. The quantitative estimate of drug-likeness (QED) is 0.487. The molecule has 0 fully saturated rings. The lowest BCUT2D eigenvalue weighted by Crippen LogP contribution is -2.40. The molecule has 68 valence electrons. The molecule has 0 aliphatic carbocycles. The number of hydrogen-bond acceptors (Lipinski definition) is 4. The van der Waals surface area contributed by atoms with Gasteiger partial charge in [-0.15, -0.1) is 0 Å². The predicted molar refractivity (Wildman–Crippen MR) is 41.9 cm³/mol. The first-order valence-corrected chi connectivity index (χ1v) is 3.58. The van der Waals surface area contributed by atoms with Crippen molar-refractivity contribution in [1.82, 2.24) is 0 Å². The smallest absolute Gasteiger partial charge is 0.169 e. The molecular weight excluding hydrogens is 146 g/mol. The van der Waals surface area contributed by atoms with Gasteiger partial charge in [0.05, 0.1) is 18.2 Å². The van der Waals surface area contributed by atoms with Gasteiger partial charge in [-0.25, -0.2) is 0 Å². The summed E-state index contributed by atoms with van der Waals surface area (Å²) in [7, 11) is 0. The third-order valence-electron chi connectivity index (χ3n) is 1.09. The van der Waals surface area contributed by atoms with Crippen molar-refractivity contribution in [3.8, 4) is 0 Å². The van der Waals surface area contributed by atoms with Crippen LogP contribution < -0.4 is 5.73 Å². The van der Waals surface area contributed by atoms with E-state index < -0.39 is 12.3 Å². The average Bonchev–Trinajstić information content (AvgIpc) is 1.80. The molecule has 4 N–H and O–H groups in total. The van der Waals surface area contributed by atoms with E-state index in [2.05, 4.69) is 0 Å². The van der Waals surface area contributed by atoms with Crippen LogP contribution in [0.15, 0.2) is 0 Å².